The van der Waals surface area contributed by atoms with Gasteiger partial charge < -0.3 is 24.7 Å². The number of aromatic nitrogens is 3. The van der Waals surface area contributed by atoms with Crippen molar-refractivity contribution >= 4 is 34.9 Å². The van der Waals surface area contributed by atoms with Crippen LogP contribution in [0.25, 0.3) is 11.0 Å². The molecule has 2 saturated heterocycles. The summed E-state index contributed by atoms with van der Waals surface area (Å²) in [7, 11) is 0. The predicted molar refractivity (Wildman–Crippen MR) is 131 cm³/mol. The second-order valence-electron chi connectivity index (χ2n) is 8.56. The van der Waals surface area contributed by atoms with Crippen molar-refractivity contribution < 1.29 is 14.3 Å². The Balaban J connectivity index is 1.41. The third-order valence-electron chi connectivity index (χ3n) is 5.99. The van der Waals surface area contributed by atoms with Gasteiger partial charge in [0.25, 0.3) is 5.91 Å². The zero-order valence-corrected chi connectivity index (χ0v) is 19.2. The number of rotatable bonds is 6. The minimum absolute atomic E-state index is 0.116. The smallest absolute Gasteiger partial charge is 0.268 e. The van der Waals surface area contributed by atoms with E-state index in [1.165, 1.54) is 0 Å². The molecular weight excluding hydrogens is 434 g/mol. The van der Waals surface area contributed by atoms with Crippen LogP contribution < -0.4 is 15.6 Å². The van der Waals surface area contributed by atoms with Gasteiger partial charge in [0.2, 0.25) is 5.95 Å². The molecule has 1 amide bonds. The van der Waals surface area contributed by atoms with Crippen molar-refractivity contribution in [3.05, 3.63) is 47.2 Å². The van der Waals surface area contributed by atoms with Crippen LogP contribution in [-0.2, 0) is 9.47 Å². The van der Waals surface area contributed by atoms with Crippen LogP contribution in [0, 0.1) is 6.92 Å². The van der Waals surface area contributed by atoms with Crippen LogP contribution in [0.1, 0.15) is 34.5 Å². The third kappa shape index (κ3) is 5.18. The quantitative estimate of drug-likeness (QED) is 0.380. The number of hydrazone groups is 1. The molecule has 10 nitrogen and oxygen atoms in total. The van der Waals surface area contributed by atoms with E-state index in [0.29, 0.717) is 56.7 Å². The number of carbonyl (C=O) groups is 1. The van der Waals surface area contributed by atoms with E-state index in [-0.39, 0.29) is 11.9 Å². The van der Waals surface area contributed by atoms with Gasteiger partial charge in [-0.2, -0.15) is 10.1 Å². The molecule has 2 fully saturated rings. The first-order valence-electron chi connectivity index (χ1n) is 11.6. The molecule has 5 rings (SSSR count). The van der Waals surface area contributed by atoms with Gasteiger partial charge in [0, 0.05) is 32.3 Å². The van der Waals surface area contributed by atoms with Gasteiger partial charge in [-0.15, -0.1) is 0 Å². The van der Waals surface area contributed by atoms with Crippen LogP contribution in [0.15, 0.2) is 35.4 Å². The molecule has 0 saturated carbocycles. The van der Waals surface area contributed by atoms with E-state index in [9.17, 15) is 4.79 Å². The number of carbonyl (C=O) groups excluding carboxylic acids is 1. The minimum Gasteiger partial charge on any atom is -0.381 e. The van der Waals surface area contributed by atoms with Crippen molar-refractivity contribution in [2.45, 2.75) is 25.8 Å². The van der Waals surface area contributed by atoms with E-state index >= 15 is 0 Å². The van der Waals surface area contributed by atoms with Crippen LogP contribution in [-0.4, -0.2) is 72.6 Å². The number of anilines is 2. The summed E-state index contributed by atoms with van der Waals surface area (Å²) in [5.74, 6) is 0.949. The standard InChI is InChI=1S/C24H29N7O3/c1-16-3-2-4-17(13-16)15-25-30-24-28-19-14-20(23(32)26-18-5-9-33-10-6-18)27-21(19)22(29-24)31-7-11-34-12-8-31/h2-4,13-15,18,27H,5-12H2,1H3,(H,26,32)(H,28,29,30)/b25-15+. The number of benzene rings is 1. The molecule has 10 heteroatoms. The summed E-state index contributed by atoms with van der Waals surface area (Å²) in [6.45, 7) is 6.04. The van der Waals surface area contributed by atoms with Crippen molar-refractivity contribution in [1.82, 2.24) is 20.3 Å². The summed E-state index contributed by atoms with van der Waals surface area (Å²) in [4.78, 5) is 27.6. The van der Waals surface area contributed by atoms with E-state index in [0.717, 1.165) is 35.3 Å². The van der Waals surface area contributed by atoms with Crippen molar-refractivity contribution in [2.75, 3.05) is 49.8 Å². The Hall–Kier alpha value is -3.50. The topological polar surface area (TPSA) is 117 Å². The fourth-order valence-electron chi connectivity index (χ4n) is 4.19. The van der Waals surface area contributed by atoms with Gasteiger partial charge in [0.15, 0.2) is 5.82 Å². The third-order valence-corrected chi connectivity index (χ3v) is 5.99. The Bertz CT molecular complexity index is 1180. The summed E-state index contributed by atoms with van der Waals surface area (Å²) < 4.78 is 10.9. The number of nitrogens with one attached hydrogen (secondary N) is 3. The van der Waals surface area contributed by atoms with Crippen molar-refractivity contribution in [3.63, 3.8) is 0 Å². The maximum Gasteiger partial charge on any atom is 0.268 e. The number of aryl methyl sites for hydroxylation is 1. The van der Waals surface area contributed by atoms with E-state index in [2.05, 4.69) is 30.7 Å². The SMILES string of the molecule is Cc1cccc(/C=N/Nc2nc(N3CCOCC3)c3[nH]c(C(=O)NC4CCOCC4)cc3n2)c1. The van der Waals surface area contributed by atoms with Gasteiger partial charge in [-0.1, -0.05) is 29.8 Å². The number of hydrogen-bond acceptors (Lipinski definition) is 8. The minimum atomic E-state index is -0.148. The molecule has 3 N–H and O–H groups in total. The number of H-pyrrole nitrogens is 1. The van der Waals surface area contributed by atoms with Gasteiger partial charge >= 0.3 is 0 Å². The predicted octanol–water partition coefficient (Wildman–Crippen LogP) is 2.46. The summed E-state index contributed by atoms with van der Waals surface area (Å²) in [5.41, 5.74) is 6.94. The number of morpholine rings is 1. The Morgan fingerprint density at radius 1 is 1.15 bits per heavy atom. The molecule has 178 valence electrons. The maximum absolute atomic E-state index is 12.9. The zero-order chi connectivity index (χ0) is 23.3. The van der Waals surface area contributed by atoms with E-state index in [1.54, 1.807) is 12.3 Å². The first-order valence-corrected chi connectivity index (χ1v) is 11.6. The zero-order valence-electron chi connectivity index (χ0n) is 19.2. The average Bonchev–Trinajstić information content (AvgIpc) is 3.29. The lowest BCUT2D eigenvalue weighted by Crippen LogP contribution is -2.39. The normalized spacial score (nSPS) is 17.4. The molecule has 2 aliphatic heterocycles. The first kappa shape index (κ1) is 22.3. The molecule has 0 bridgehead atoms. The largest absolute Gasteiger partial charge is 0.381 e. The van der Waals surface area contributed by atoms with Gasteiger partial charge in [-0.05, 0) is 31.4 Å². The molecule has 0 atom stereocenters. The molecule has 0 spiro atoms. The van der Waals surface area contributed by atoms with Crippen LogP contribution >= 0.6 is 0 Å². The van der Waals surface area contributed by atoms with Crippen LogP contribution in [0.2, 0.25) is 0 Å². The Morgan fingerprint density at radius 2 is 1.94 bits per heavy atom. The highest BCUT2D eigenvalue weighted by atomic mass is 16.5. The number of nitrogens with zero attached hydrogens (tertiary/aromatic N) is 4. The lowest BCUT2D eigenvalue weighted by molar-refractivity contribution is 0.0694. The molecule has 1 aromatic carbocycles. The first-order chi connectivity index (χ1) is 16.7. The van der Waals surface area contributed by atoms with E-state index in [4.69, 9.17) is 14.5 Å². The molecule has 34 heavy (non-hydrogen) atoms. The van der Waals surface area contributed by atoms with Gasteiger partial charge in [0.05, 0.1) is 24.9 Å². The monoisotopic (exact) mass is 463 g/mol. The van der Waals surface area contributed by atoms with E-state index < -0.39 is 0 Å². The molecule has 0 unspecified atom stereocenters. The summed E-state index contributed by atoms with van der Waals surface area (Å²) in [5, 5.41) is 7.42. The van der Waals surface area contributed by atoms with Gasteiger partial charge in [-0.3, -0.25) is 4.79 Å². The molecule has 4 heterocycles. The number of amides is 1. The number of aromatic amines is 1. The maximum atomic E-state index is 12.9. The average molecular weight is 464 g/mol. The van der Waals surface area contributed by atoms with E-state index in [1.807, 2.05) is 31.2 Å². The van der Waals surface area contributed by atoms with Gasteiger partial charge in [0.1, 0.15) is 11.2 Å². The lowest BCUT2D eigenvalue weighted by Gasteiger charge is -2.28. The molecular formula is C24H29N7O3. The van der Waals surface area contributed by atoms with Gasteiger partial charge in [-0.25, -0.2) is 10.4 Å². The van der Waals surface area contributed by atoms with Crippen LogP contribution in [0.4, 0.5) is 11.8 Å². The number of ether oxygens (including phenoxy) is 2. The molecule has 0 radical (unpaired) electrons. The number of fused-ring (bicyclic) bond motifs is 1. The second-order valence-corrected chi connectivity index (χ2v) is 8.56. The number of hydrogen-bond donors (Lipinski definition) is 3. The molecule has 2 aromatic heterocycles. The van der Waals surface area contributed by atoms with Crippen LogP contribution in [0.3, 0.4) is 0 Å². The summed E-state index contributed by atoms with van der Waals surface area (Å²) >= 11 is 0. The molecule has 0 aliphatic carbocycles. The summed E-state index contributed by atoms with van der Waals surface area (Å²) in [6.07, 6.45) is 3.37. The van der Waals surface area contributed by atoms with Crippen LogP contribution in [0.5, 0.6) is 0 Å². The fraction of sp³-hybridized carbons (Fsp3) is 0.417. The fourth-order valence-corrected chi connectivity index (χ4v) is 4.19. The Labute approximate surface area is 197 Å². The Morgan fingerprint density at radius 3 is 2.74 bits per heavy atom. The highest BCUT2D eigenvalue weighted by Gasteiger charge is 2.22. The van der Waals surface area contributed by atoms with Crippen molar-refractivity contribution in [1.29, 1.82) is 0 Å². The van der Waals surface area contributed by atoms with Crippen molar-refractivity contribution in [2.24, 2.45) is 5.10 Å². The highest BCUT2D eigenvalue weighted by molar-refractivity contribution is 6.00. The molecule has 3 aromatic rings. The molecule has 2 aliphatic rings. The van der Waals surface area contributed by atoms with Crippen molar-refractivity contribution in [3.8, 4) is 0 Å². The lowest BCUT2D eigenvalue weighted by atomic mass is 10.1. The summed E-state index contributed by atoms with van der Waals surface area (Å²) in [6, 6.07) is 9.94. The second kappa shape index (κ2) is 10.2. The Kier molecular flexibility index (Phi) is 6.68. The highest BCUT2D eigenvalue weighted by Crippen LogP contribution is 2.26.